The zero-order chi connectivity index (χ0) is 14.8. The second-order valence-corrected chi connectivity index (χ2v) is 8.97. The van der Waals surface area contributed by atoms with Gasteiger partial charge >= 0.3 is 0 Å². The maximum atomic E-state index is 12.2. The van der Waals surface area contributed by atoms with Crippen molar-refractivity contribution < 1.29 is 8.42 Å². The summed E-state index contributed by atoms with van der Waals surface area (Å²) >= 11 is 4.46. The highest BCUT2D eigenvalue weighted by molar-refractivity contribution is 9.11. The first-order valence-electron chi connectivity index (χ1n) is 5.89. The van der Waals surface area contributed by atoms with Gasteiger partial charge < -0.3 is 4.90 Å². The molecule has 0 saturated carbocycles. The van der Waals surface area contributed by atoms with Crippen LogP contribution in [-0.2, 0) is 16.6 Å². The van der Waals surface area contributed by atoms with E-state index in [0.717, 1.165) is 15.9 Å². The summed E-state index contributed by atoms with van der Waals surface area (Å²) in [5, 5.41) is 0. The van der Waals surface area contributed by atoms with Gasteiger partial charge in [-0.25, -0.2) is 8.42 Å². The first-order valence-corrected chi connectivity index (χ1v) is 8.98. The molecule has 0 unspecified atom stereocenters. The molecule has 0 aliphatic heterocycles. The molecule has 1 N–H and O–H groups in total. The molecule has 0 atom stereocenters. The summed E-state index contributed by atoms with van der Waals surface area (Å²) in [6, 6.07) is 10.7. The van der Waals surface area contributed by atoms with Gasteiger partial charge in [0, 0.05) is 12.2 Å². The van der Waals surface area contributed by atoms with Crippen molar-refractivity contribution >= 4 is 43.0 Å². The zero-order valence-corrected chi connectivity index (χ0v) is 14.3. The summed E-state index contributed by atoms with van der Waals surface area (Å²) in [5.41, 5.74) is 1.64. The van der Waals surface area contributed by atoms with Crippen LogP contribution in [0, 0.1) is 0 Å². The van der Waals surface area contributed by atoms with E-state index in [4.69, 9.17) is 0 Å². The van der Waals surface area contributed by atoms with Gasteiger partial charge in [-0.3, -0.25) is 4.72 Å². The van der Waals surface area contributed by atoms with Crippen LogP contribution in [0.2, 0.25) is 0 Å². The highest BCUT2D eigenvalue weighted by Gasteiger charge is 2.16. The van der Waals surface area contributed by atoms with Gasteiger partial charge in [0.1, 0.15) is 4.21 Å². The monoisotopic (exact) mass is 374 g/mol. The number of sulfonamides is 1. The van der Waals surface area contributed by atoms with Crippen molar-refractivity contribution in [3.05, 3.63) is 45.7 Å². The summed E-state index contributed by atoms with van der Waals surface area (Å²) in [7, 11) is 0.432. The largest absolute Gasteiger partial charge is 0.305 e. The second-order valence-electron chi connectivity index (χ2n) is 4.60. The molecule has 0 amide bonds. The molecule has 0 radical (unpaired) electrons. The molecule has 0 bridgehead atoms. The summed E-state index contributed by atoms with van der Waals surface area (Å²) in [6.07, 6.45) is 0. The molecule has 0 aliphatic carbocycles. The zero-order valence-electron chi connectivity index (χ0n) is 11.1. The molecule has 2 aromatic rings. The molecule has 7 heteroatoms. The summed E-state index contributed by atoms with van der Waals surface area (Å²) in [5.74, 6) is 0. The highest BCUT2D eigenvalue weighted by atomic mass is 79.9. The summed E-state index contributed by atoms with van der Waals surface area (Å²) in [6.45, 7) is 0.764. The first-order chi connectivity index (χ1) is 9.37. The number of halogens is 1. The number of benzene rings is 1. The van der Waals surface area contributed by atoms with Crippen molar-refractivity contribution in [3.63, 3.8) is 0 Å². The van der Waals surface area contributed by atoms with Crippen LogP contribution >= 0.6 is 27.3 Å². The Labute approximate surface area is 131 Å². The number of nitrogens with one attached hydrogen (secondary N) is 1. The standard InChI is InChI=1S/C13H15BrN2O2S2/c1-16(2)9-10-4-3-5-11(8-10)15-20(17,18)13-7-6-12(14)19-13/h3-8,15H,9H2,1-2H3. The van der Waals surface area contributed by atoms with E-state index in [0.29, 0.717) is 9.90 Å². The molecular formula is C13H15BrN2O2S2. The number of hydrogen-bond acceptors (Lipinski definition) is 4. The quantitative estimate of drug-likeness (QED) is 0.872. The molecule has 2 rings (SSSR count). The van der Waals surface area contributed by atoms with E-state index < -0.39 is 10.0 Å². The Balaban J connectivity index is 2.21. The van der Waals surface area contributed by atoms with Crippen molar-refractivity contribution in [2.24, 2.45) is 0 Å². The van der Waals surface area contributed by atoms with Crippen LogP contribution in [-0.4, -0.2) is 27.4 Å². The van der Waals surface area contributed by atoms with Crippen LogP contribution in [0.3, 0.4) is 0 Å². The number of anilines is 1. The van der Waals surface area contributed by atoms with Crippen molar-refractivity contribution in [3.8, 4) is 0 Å². The van der Waals surface area contributed by atoms with Gasteiger partial charge in [0.05, 0.1) is 3.79 Å². The minimum absolute atomic E-state index is 0.294. The molecule has 0 aliphatic rings. The predicted octanol–water partition coefficient (Wildman–Crippen LogP) is 3.37. The Bertz CT molecular complexity index is 696. The topological polar surface area (TPSA) is 49.4 Å². The lowest BCUT2D eigenvalue weighted by Crippen LogP contribution is -2.13. The molecular weight excluding hydrogens is 360 g/mol. The van der Waals surface area contributed by atoms with Gasteiger partial charge in [0.15, 0.2) is 0 Å². The van der Waals surface area contributed by atoms with E-state index >= 15 is 0 Å². The van der Waals surface area contributed by atoms with Gasteiger partial charge in [0.2, 0.25) is 0 Å². The fourth-order valence-corrected chi connectivity index (χ4v) is 4.81. The van der Waals surface area contributed by atoms with Crippen molar-refractivity contribution in [1.29, 1.82) is 0 Å². The van der Waals surface area contributed by atoms with E-state index in [1.165, 1.54) is 11.3 Å². The Morgan fingerprint density at radius 3 is 2.60 bits per heavy atom. The van der Waals surface area contributed by atoms with E-state index in [-0.39, 0.29) is 0 Å². The fraction of sp³-hybridized carbons (Fsp3) is 0.231. The van der Waals surface area contributed by atoms with Gasteiger partial charge in [-0.05, 0) is 59.9 Å². The molecule has 108 valence electrons. The average molecular weight is 375 g/mol. The lowest BCUT2D eigenvalue weighted by atomic mass is 10.2. The number of hydrogen-bond donors (Lipinski definition) is 1. The molecule has 1 aromatic carbocycles. The van der Waals surface area contributed by atoms with Gasteiger partial charge in [-0.1, -0.05) is 12.1 Å². The second kappa shape index (κ2) is 6.26. The maximum absolute atomic E-state index is 12.2. The lowest BCUT2D eigenvalue weighted by Gasteiger charge is -2.11. The molecule has 20 heavy (non-hydrogen) atoms. The third-order valence-corrected chi connectivity index (χ3v) is 5.99. The van der Waals surface area contributed by atoms with E-state index in [2.05, 4.69) is 20.7 Å². The Hall–Kier alpha value is -0.890. The normalized spacial score (nSPS) is 11.8. The van der Waals surface area contributed by atoms with E-state index in [9.17, 15) is 8.42 Å². The maximum Gasteiger partial charge on any atom is 0.271 e. The smallest absolute Gasteiger partial charge is 0.271 e. The minimum atomic E-state index is -3.51. The van der Waals surface area contributed by atoms with Crippen LogP contribution in [0.1, 0.15) is 5.56 Å². The van der Waals surface area contributed by atoms with Crippen LogP contribution in [0.5, 0.6) is 0 Å². The molecule has 1 heterocycles. The highest BCUT2D eigenvalue weighted by Crippen LogP contribution is 2.27. The van der Waals surface area contributed by atoms with Gasteiger partial charge in [0.25, 0.3) is 10.0 Å². The van der Waals surface area contributed by atoms with Crippen LogP contribution in [0.4, 0.5) is 5.69 Å². The Morgan fingerprint density at radius 1 is 1.25 bits per heavy atom. The van der Waals surface area contributed by atoms with Gasteiger partial charge in [-0.2, -0.15) is 0 Å². The molecule has 0 saturated heterocycles. The van der Waals surface area contributed by atoms with Crippen molar-refractivity contribution in [1.82, 2.24) is 4.90 Å². The van der Waals surface area contributed by atoms with E-state index in [1.54, 1.807) is 18.2 Å². The van der Waals surface area contributed by atoms with Crippen LogP contribution < -0.4 is 4.72 Å². The first kappa shape index (κ1) is 15.5. The summed E-state index contributed by atoms with van der Waals surface area (Å²) in [4.78, 5) is 2.03. The van der Waals surface area contributed by atoms with Gasteiger partial charge in [-0.15, -0.1) is 11.3 Å². The summed E-state index contributed by atoms with van der Waals surface area (Å²) < 4.78 is 28.1. The lowest BCUT2D eigenvalue weighted by molar-refractivity contribution is 0.402. The van der Waals surface area contributed by atoms with Crippen molar-refractivity contribution in [2.45, 2.75) is 10.8 Å². The minimum Gasteiger partial charge on any atom is -0.305 e. The number of nitrogens with zero attached hydrogens (tertiary/aromatic N) is 1. The molecule has 0 spiro atoms. The number of rotatable bonds is 5. The molecule has 1 aromatic heterocycles. The predicted molar refractivity (Wildman–Crippen MR) is 86.7 cm³/mol. The van der Waals surface area contributed by atoms with Crippen LogP contribution in [0.15, 0.2) is 44.4 Å². The Kier molecular flexibility index (Phi) is 4.85. The third-order valence-electron chi connectivity index (χ3n) is 2.49. The third kappa shape index (κ3) is 4.05. The number of thiophene rings is 1. The molecule has 0 fully saturated rings. The van der Waals surface area contributed by atoms with Crippen molar-refractivity contribution in [2.75, 3.05) is 18.8 Å². The van der Waals surface area contributed by atoms with E-state index in [1.807, 2.05) is 37.2 Å². The fourth-order valence-electron chi connectivity index (χ4n) is 1.75. The SMILES string of the molecule is CN(C)Cc1cccc(NS(=O)(=O)c2ccc(Br)s2)c1. The van der Waals surface area contributed by atoms with Crippen LogP contribution in [0.25, 0.3) is 0 Å². The Morgan fingerprint density at radius 2 is 2.00 bits per heavy atom. The molecule has 4 nitrogen and oxygen atoms in total. The average Bonchev–Trinajstić information content (AvgIpc) is 2.75.